The molecule has 0 spiro atoms. The summed E-state index contributed by atoms with van der Waals surface area (Å²) < 4.78 is 0. The fraction of sp³-hybridized carbons (Fsp3) is 0.125. The van der Waals surface area contributed by atoms with Crippen LogP contribution in [0.4, 0.5) is 0 Å². The van der Waals surface area contributed by atoms with Crippen LogP contribution in [0, 0.1) is 0 Å². The topological polar surface area (TPSA) is 86.7 Å². The van der Waals surface area contributed by atoms with E-state index in [9.17, 15) is 4.79 Å². The molecule has 6 heteroatoms. The predicted molar refractivity (Wildman–Crippen MR) is 45.5 cm³/mol. The van der Waals surface area contributed by atoms with Gasteiger partial charge in [0.2, 0.25) is 0 Å². The van der Waals surface area contributed by atoms with Crippen LogP contribution in [-0.2, 0) is 10.5 Å². The molecule has 2 rings (SSSR count). The summed E-state index contributed by atoms with van der Waals surface area (Å²) in [6.07, 6.45) is 0. The average molecular weight is 190 g/mol. The van der Waals surface area contributed by atoms with Crippen molar-refractivity contribution in [3.8, 4) is 0 Å². The van der Waals surface area contributed by atoms with Crippen LogP contribution >= 0.6 is 0 Å². The Kier molecular flexibility index (Phi) is 1.81. The number of carboxylic acid groups (broad SMARTS) is 1. The first-order valence-electron chi connectivity index (χ1n) is 3.89. The minimum absolute atomic E-state index is 0.442. The lowest BCUT2D eigenvalue weighted by Gasteiger charge is -2.13. The van der Waals surface area contributed by atoms with Crippen molar-refractivity contribution in [3.63, 3.8) is 0 Å². The van der Waals surface area contributed by atoms with Crippen LogP contribution in [0.25, 0.3) is 0 Å². The molecule has 0 amide bonds. The first-order valence-corrected chi connectivity index (χ1v) is 3.89. The third kappa shape index (κ3) is 1.08. The van der Waals surface area contributed by atoms with Crippen molar-refractivity contribution in [2.45, 2.75) is 5.66 Å². The molecular formula is C8H6N4O2. The van der Waals surface area contributed by atoms with Gasteiger partial charge in [0.1, 0.15) is 0 Å². The van der Waals surface area contributed by atoms with Gasteiger partial charge in [0.25, 0.3) is 0 Å². The molecule has 0 fully saturated rings. The number of carboxylic acids is 1. The summed E-state index contributed by atoms with van der Waals surface area (Å²) in [6, 6.07) is 8.45. The normalized spacial score (nSPS) is 17.1. The van der Waals surface area contributed by atoms with Crippen molar-refractivity contribution in [1.82, 2.24) is 0 Å². The van der Waals surface area contributed by atoms with Crippen molar-refractivity contribution in [2.75, 3.05) is 0 Å². The molecule has 0 atom stereocenters. The van der Waals surface area contributed by atoms with Gasteiger partial charge in [-0.1, -0.05) is 30.3 Å². The van der Waals surface area contributed by atoms with Crippen molar-refractivity contribution < 1.29 is 9.90 Å². The number of nitrogens with zero attached hydrogens (tertiary/aromatic N) is 4. The summed E-state index contributed by atoms with van der Waals surface area (Å²) in [5.74, 6) is -1.19. The molecular weight excluding hydrogens is 184 g/mol. The van der Waals surface area contributed by atoms with Crippen LogP contribution in [-0.4, -0.2) is 11.1 Å². The second-order valence-electron chi connectivity index (χ2n) is 2.72. The molecule has 1 aromatic rings. The van der Waals surface area contributed by atoms with Crippen LogP contribution in [0.2, 0.25) is 0 Å². The van der Waals surface area contributed by atoms with E-state index in [1.807, 2.05) is 0 Å². The zero-order valence-corrected chi connectivity index (χ0v) is 7.03. The lowest BCUT2D eigenvalue weighted by Crippen LogP contribution is -2.29. The van der Waals surface area contributed by atoms with Gasteiger partial charge in [0, 0.05) is 5.56 Å². The maximum absolute atomic E-state index is 11.0. The lowest BCUT2D eigenvalue weighted by molar-refractivity contribution is -0.143. The Morgan fingerprint density at radius 2 is 1.71 bits per heavy atom. The zero-order chi connectivity index (χ0) is 10.0. The minimum atomic E-state index is -1.68. The highest BCUT2D eigenvalue weighted by molar-refractivity contribution is 5.80. The standard InChI is InChI=1S/C8H6N4O2/c13-7(14)8(9-11-12-10-8)6-4-2-1-3-5-6/h1-5H,(H,13,14). The van der Waals surface area contributed by atoms with Crippen molar-refractivity contribution in [2.24, 2.45) is 20.7 Å². The maximum atomic E-state index is 11.0. The third-order valence-electron chi connectivity index (χ3n) is 1.89. The van der Waals surface area contributed by atoms with Gasteiger partial charge in [-0.3, -0.25) is 0 Å². The van der Waals surface area contributed by atoms with E-state index >= 15 is 0 Å². The molecule has 0 saturated carbocycles. The van der Waals surface area contributed by atoms with E-state index in [0.29, 0.717) is 5.56 Å². The molecule has 1 aliphatic heterocycles. The Hall–Kier alpha value is -2.11. The average Bonchev–Trinajstić information content (AvgIpc) is 2.69. The van der Waals surface area contributed by atoms with E-state index in [0.717, 1.165) is 0 Å². The summed E-state index contributed by atoms with van der Waals surface area (Å²) in [5, 5.41) is 22.5. The molecule has 0 bridgehead atoms. The molecule has 70 valence electrons. The number of rotatable bonds is 2. The molecule has 1 N–H and O–H groups in total. The Balaban J connectivity index is 2.54. The van der Waals surface area contributed by atoms with Crippen LogP contribution in [0.3, 0.4) is 0 Å². The van der Waals surface area contributed by atoms with Crippen LogP contribution < -0.4 is 0 Å². The quantitative estimate of drug-likeness (QED) is 0.770. The van der Waals surface area contributed by atoms with Gasteiger partial charge in [-0.2, -0.15) is 0 Å². The molecule has 6 nitrogen and oxygen atoms in total. The second kappa shape index (κ2) is 2.99. The van der Waals surface area contributed by atoms with Crippen molar-refractivity contribution in [3.05, 3.63) is 35.9 Å². The van der Waals surface area contributed by atoms with E-state index < -0.39 is 11.6 Å². The Bertz CT molecular complexity index is 401. The highest BCUT2D eigenvalue weighted by Crippen LogP contribution is 2.32. The van der Waals surface area contributed by atoms with Gasteiger partial charge in [-0.25, -0.2) is 4.79 Å². The predicted octanol–water partition coefficient (Wildman–Crippen LogP) is 1.76. The van der Waals surface area contributed by atoms with E-state index in [1.54, 1.807) is 30.3 Å². The monoisotopic (exact) mass is 190 g/mol. The number of benzene rings is 1. The highest BCUT2D eigenvalue weighted by Gasteiger charge is 2.44. The fourth-order valence-corrected chi connectivity index (χ4v) is 1.18. The van der Waals surface area contributed by atoms with Gasteiger partial charge < -0.3 is 5.11 Å². The van der Waals surface area contributed by atoms with Gasteiger partial charge in [-0.15, -0.1) is 10.2 Å². The second-order valence-corrected chi connectivity index (χ2v) is 2.72. The first kappa shape index (κ1) is 8.49. The van der Waals surface area contributed by atoms with Crippen LogP contribution in [0.15, 0.2) is 51.0 Å². The highest BCUT2D eigenvalue weighted by atomic mass is 16.4. The minimum Gasteiger partial charge on any atom is -0.478 e. The molecule has 0 unspecified atom stereocenters. The molecule has 0 radical (unpaired) electrons. The first-order chi connectivity index (χ1) is 6.76. The van der Waals surface area contributed by atoms with Gasteiger partial charge in [0.05, 0.1) is 0 Å². The third-order valence-corrected chi connectivity index (χ3v) is 1.89. The molecule has 14 heavy (non-hydrogen) atoms. The number of aliphatic carboxylic acids is 1. The summed E-state index contributed by atoms with van der Waals surface area (Å²) in [5.41, 5.74) is -1.24. The van der Waals surface area contributed by atoms with Crippen molar-refractivity contribution in [1.29, 1.82) is 0 Å². The van der Waals surface area contributed by atoms with E-state index in [1.165, 1.54) is 0 Å². The lowest BCUT2D eigenvalue weighted by atomic mass is 10.0. The summed E-state index contributed by atoms with van der Waals surface area (Å²) >= 11 is 0. The summed E-state index contributed by atoms with van der Waals surface area (Å²) in [6.45, 7) is 0. The fourth-order valence-electron chi connectivity index (χ4n) is 1.18. The molecule has 1 aliphatic rings. The molecule has 1 heterocycles. The molecule has 0 aromatic heterocycles. The zero-order valence-electron chi connectivity index (χ0n) is 7.03. The Labute approximate surface area is 79.0 Å². The van der Waals surface area contributed by atoms with Crippen molar-refractivity contribution >= 4 is 5.97 Å². The van der Waals surface area contributed by atoms with Crippen LogP contribution in [0.1, 0.15) is 5.56 Å². The Morgan fingerprint density at radius 1 is 1.14 bits per heavy atom. The maximum Gasteiger partial charge on any atom is 0.363 e. The van der Waals surface area contributed by atoms with Gasteiger partial charge in [-0.05, 0) is 10.4 Å². The SMILES string of the molecule is O=C(O)C1(c2ccccc2)N=NN=N1. The number of carbonyl (C=O) groups is 1. The number of hydrogen-bond acceptors (Lipinski definition) is 5. The molecule has 1 aromatic carbocycles. The Morgan fingerprint density at radius 3 is 2.21 bits per heavy atom. The van der Waals surface area contributed by atoms with E-state index in [4.69, 9.17) is 5.11 Å². The van der Waals surface area contributed by atoms with Gasteiger partial charge in [0.15, 0.2) is 0 Å². The summed E-state index contributed by atoms with van der Waals surface area (Å²) in [7, 11) is 0. The van der Waals surface area contributed by atoms with Gasteiger partial charge >= 0.3 is 11.6 Å². The molecule has 0 aliphatic carbocycles. The smallest absolute Gasteiger partial charge is 0.363 e. The van der Waals surface area contributed by atoms with Crippen LogP contribution in [0.5, 0.6) is 0 Å². The number of hydrogen-bond donors (Lipinski definition) is 1. The molecule has 0 saturated heterocycles. The largest absolute Gasteiger partial charge is 0.478 e. The summed E-state index contributed by atoms with van der Waals surface area (Å²) in [4.78, 5) is 11.0. The van der Waals surface area contributed by atoms with E-state index in [-0.39, 0.29) is 0 Å². The van der Waals surface area contributed by atoms with E-state index in [2.05, 4.69) is 20.7 Å².